The fraction of sp³-hybridized carbons (Fsp3) is 0.706. The molecule has 1 aromatic heterocycles. The topological polar surface area (TPSA) is 58.6 Å². The molecule has 6 nitrogen and oxygen atoms in total. The van der Waals surface area contributed by atoms with Gasteiger partial charge < -0.3 is 14.5 Å². The summed E-state index contributed by atoms with van der Waals surface area (Å²) in [5, 5.41) is 0.978. The Kier molecular flexibility index (Phi) is 6.46. The van der Waals surface area contributed by atoms with Crippen LogP contribution < -0.4 is 0 Å². The SMILES string of the molecule is CSc1nccnc1CN(C)C[C@@H]1CCN(C(=O)OC(C)(C)C)C1. The summed E-state index contributed by atoms with van der Waals surface area (Å²) in [5.41, 5.74) is 0.570. The van der Waals surface area contributed by atoms with Gasteiger partial charge in [0.15, 0.2) is 0 Å². The fourth-order valence-electron chi connectivity index (χ4n) is 2.87. The van der Waals surface area contributed by atoms with Gasteiger partial charge in [0.2, 0.25) is 0 Å². The standard InChI is InChI=1S/C17H28N4O2S/c1-17(2,3)23-16(22)21-9-6-13(11-21)10-20(4)12-14-15(24-5)19-8-7-18-14/h7-8,13H,6,9-12H2,1-5H3/t13-/m0/s1. The molecule has 1 aromatic rings. The molecule has 24 heavy (non-hydrogen) atoms. The van der Waals surface area contributed by atoms with Crippen LogP contribution in [-0.2, 0) is 11.3 Å². The number of rotatable bonds is 5. The van der Waals surface area contributed by atoms with E-state index in [-0.39, 0.29) is 6.09 Å². The lowest BCUT2D eigenvalue weighted by Gasteiger charge is -2.25. The van der Waals surface area contributed by atoms with Gasteiger partial charge in [0.05, 0.1) is 5.69 Å². The van der Waals surface area contributed by atoms with Crippen LogP contribution in [0.25, 0.3) is 0 Å². The predicted molar refractivity (Wildman–Crippen MR) is 96.1 cm³/mol. The van der Waals surface area contributed by atoms with Gasteiger partial charge in [-0.15, -0.1) is 11.8 Å². The average molecular weight is 353 g/mol. The molecular formula is C17H28N4O2S. The molecule has 1 saturated heterocycles. The van der Waals surface area contributed by atoms with Crippen LogP contribution in [0.4, 0.5) is 4.79 Å². The van der Waals surface area contributed by atoms with Crippen LogP contribution in [0.2, 0.25) is 0 Å². The lowest BCUT2D eigenvalue weighted by molar-refractivity contribution is 0.0285. The molecule has 1 aliphatic rings. The molecular weight excluding hydrogens is 324 g/mol. The Bertz CT molecular complexity index is 562. The number of carbonyl (C=O) groups excluding carboxylic acids is 1. The van der Waals surface area contributed by atoms with E-state index in [9.17, 15) is 4.79 Å². The number of hydrogen-bond acceptors (Lipinski definition) is 6. The van der Waals surface area contributed by atoms with Gasteiger partial charge in [0.25, 0.3) is 0 Å². The van der Waals surface area contributed by atoms with Crippen LogP contribution in [0.3, 0.4) is 0 Å². The smallest absolute Gasteiger partial charge is 0.410 e. The average Bonchev–Trinajstić information content (AvgIpc) is 2.94. The van der Waals surface area contributed by atoms with Crippen LogP contribution >= 0.6 is 11.8 Å². The summed E-state index contributed by atoms with van der Waals surface area (Å²) in [7, 11) is 2.09. The van der Waals surface area contributed by atoms with Crippen molar-refractivity contribution in [2.45, 2.75) is 44.4 Å². The highest BCUT2D eigenvalue weighted by molar-refractivity contribution is 7.98. The summed E-state index contributed by atoms with van der Waals surface area (Å²) >= 11 is 1.62. The second-order valence-corrected chi connectivity index (χ2v) is 8.09. The first kappa shape index (κ1) is 19.0. The zero-order chi connectivity index (χ0) is 17.7. The molecule has 0 N–H and O–H groups in total. The number of thioether (sulfide) groups is 1. The van der Waals surface area contributed by atoms with E-state index < -0.39 is 5.60 Å². The van der Waals surface area contributed by atoms with Gasteiger partial charge in [-0.05, 0) is 46.4 Å². The molecule has 0 aromatic carbocycles. The minimum absolute atomic E-state index is 0.203. The van der Waals surface area contributed by atoms with E-state index in [4.69, 9.17) is 4.74 Å². The quantitative estimate of drug-likeness (QED) is 0.760. The van der Waals surface area contributed by atoms with E-state index >= 15 is 0 Å². The summed E-state index contributed by atoms with van der Waals surface area (Å²) in [6.45, 7) is 8.93. The monoisotopic (exact) mass is 352 g/mol. The number of hydrogen-bond donors (Lipinski definition) is 0. The maximum absolute atomic E-state index is 12.1. The Morgan fingerprint density at radius 3 is 2.79 bits per heavy atom. The molecule has 0 unspecified atom stereocenters. The number of carbonyl (C=O) groups is 1. The van der Waals surface area contributed by atoms with Crippen LogP contribution in [0.5, 0.6) is 0 Å². The van der Waals surface area contributed by atoms with Crippen molar-refractivity contribution in [2.75, 3.05) is 32.9 Å². The van der Waals surface area contributed by atoms with Crippen molar-refractivity contribution >= 4 is 17.9 Å². The summed E-state index contributed by atoms with van der Waals surface area (Å²) in [6, 6.07) is 0. The van der Waals surface area contributed by atoms with Crippen molar-refractivity contribution < 1.29 is 9.53 Å². The number of amides is 1. The molecule has 0 aliphatic carbocycles. The van der Waals surface area contributed by atoms with Crippen molar-refractivity contribution in [3.05, 3.63) is 18.1 Å². The largest absolute Gasteiger partial charge is 0.444 e. The Hall–Kier alpha value is -1.34. The molecule has 2 rings (SSSR count). The molecule has 7 heteroatoms. The highest BCUT2D eigenvalue weighted by Crippen LogP contribution is 2.21. The van der Waals surface area contributed by atoms with E-state index in [2.05, 4.69) is 21.9 Å². The molecule has 0 spiro atoms. The lowest BCUT2D eigenvalue weighted by atomic mass is 10.1. The Labute approximate surface area is 149 Å². The minimum atomic E-state index is -0.438. The summed E-state index contributed by atoms with van der Waals surface area (Å²) in [6.07, 6.45) is 6.29. The minimum Gasteiger partial charge on any atom is -0.444 e. The summed E-state index contributed by atoms with van der Waals surface area (Å²) in [5.74, 6) is 0.469. The van der Waals surface area contributed by atoms with Gasteiger partial charge >= 0.3 is 6.09 Å². The zero-order valence-corrected chi connectivity index (χ0v) is 16.1. The maximum atomic E-state index is 12.1. The molecule has 1 aliphatic heterocycles. The van der Waals surface area contributed by atoms with E-state index in [1.165, 1.54) is 0 Å². The first-order valence-electron chi connectivity index (χ1n) is 8.29. The summed E-state index contributed by atoms with van der Waals surface area (Å²) < 4.78 is 5.45. The van der Waals surface area contributed by atoms with Crippen LogP contribution in [-0.4, -0.2) is 64.4 Å². The zero-order valence-electron chi connectivity index (χ0n) is 15.3. The van der Waals surface area contributed by atoms with Gasteiger partial charge in [-0.2, -0.15) is 0 Å². The first-order valence-corrected chi connectivity index (χ1v) is 9.51. The third-order valence-corrected chi connectivity index (χ3v) is 4.58. The van der Waals surface area contributed by atoms with Crippen LogP contribution in [0.1, 0.15) is 32.9 Å². The second-order valence-electron chi connectivity index (χ2n) is 7.29. The lowest BCUT2D eigenvalue weighted by Crippen LogP contribution is -2.36. The van der Waals surface area contributed by atoms with E-state index in [1.54, 1.807) is 24.2 Å². The summed E-state index contributed by atoms with van der Waals surface area (Å²) in [4.78, 5) is 25.0. The van der Waals surface area contributed by atoms with Crippen molar-refractivity contribution in [1.29, 1.82) is 0 Å². The third-order valence-electron chi connectivity index (χ3n) is 3.86. The van der Waals surface area contributed by atoms with E-state index in [0.717, 1.165) is 43.3 Å². The van der Waals surface area contributed by atoms with Gasteiger partial charge in [-0.25, -0.2) is 9.78 Å². The molecule has 0 saturated carbocycles. The number of aromatic nitrogens is 2. The molecule has 1 fully saturated rings. The molecule has 0 bridgehead atoms. The van der Waals surface area contributed by atoms with Crippen molar-refractivity contribution in [3.63, 3.8) is 0 Å². The molecule has 1 amide bonds. The highest BCUT2D eigenvalue weighted by Gasteiger charge is 2.30. The third kappa shape index (κ3) is 5.63. The van der Waals surface area contributed by atoms with Crippen molar-refractivity contribution in [2.24, 2.45) is 5.92 Å². The fourth-order valence-corrected chi connectivity index (χ4v) is 3.39. The molecule has 0 radical (unpaired) electrons. The second kappa shape index (κ2) is 8.16. The number of likely N-dealkylation sites (tertiary alicyclic amines) is 1. The predicted octanol–water partition coefficient (Wildman–Crippen LogP) is 2.89. The van der Waals surface area contributed by atoms with Crippen molar-refractivity contribution in [3.8, 4) is 0 Å². The van der Waals surface area contributed by atoms with Crippen LogP contribution in [0.15, 0.2) is 17.4 Å². The Morgan fingerprint density at radius 1 is 1.42 bits per heavy atom. The number of ether oxygens (including phenoxy) is 1. The van der Waals surface area contributed by atoms with E-state index in [0.29, 0.717) is 5.92 Å². The molecule has 1 atom stereocenters. The van der Waals surface area contributed by atoms with Gasteiger partial charge in [0, 0.05) is 38.6 Å². The van der Waals surface area contributed by atoms with Gasteiger partial charge in [-0.3, -0.25) is 4.98 Å². The van der Waals surface area contributed by atoms with Crippen LogP contribution in [0, 0.1) is 5.92 Å². The highest BCUT2D eigenvalue weighted by atomic mass is 32.2. The molecule has 134 valence electrons. The van der Waals surface area contributed by atoms with E-state index in [1.807, 2.05) is 31.9 Å². The molecule has 2 heterocycles. The van der Waals surface area contributed by atoms with Gasteiger partial charge in [-0.1, -0.05) is 0 Å². The van der Waals surface area contributed by atoms with Gasteiger partial charge in [0.1, 0.15) is 10.6 Å². The Morgan fingerprint density at radius 2 is 2.12 bits per heavy atom. The first-order chi connectivity index (χ1) is 11.3. The normalized spacial score (nSPS) is 18.2. The Balaban J connectivity index is 1.83. The maximum Gasteiger partial charge on any atom is 0.410 e. The van der Waals surface area contributed by atoms with Crippen molar-refractivity contribution in [1.82, 2.24) is 19.8 Å². The number of nitrogens with zero attached hydrogens (tertiary/aromatic N) is 4.